The second-order valence-corrected chi connectivity index (χ2v) is 7.06. The fraction of sp³-hybridized carbons (Fsp3) is 0.368. The zero-order valence-electron chi connectivity index (χ0n) is 13.7. The molecule has 0 spiro atoms. The number of hydrogen-bond donors (Lipinski definition) is 1. The highest BCUT2D eigenvalue weighted by atomic mass is 32.1. The summed E-state index contributed by atoms with van der Waals surface area (Å²) < 4.78 is 4.72. The molecule has 1 atom stereocenters. The molecule has 1 aliphatic carbocycles. The largest absolute Gasteiger partial charge is 0.465 e. The van der Waals surface area contributed by atoms with Crippen LogP contribution in [0.5, 0.6) is 0 Å². The molecule has 0 aliphatic heterocycles. The van der Waals surface area contributed by atoms with Gasteiger partial charge < -0.3 is 10.1 Å². The van der Waals surface area contributed by atoms with Crippen molar-refractivity contribution in [1.29, 1.82) is 0 Å². The number of ether oxygens (including phenoxy) is 1. The number of rotatable bonds is 5. The van der Waals surface area contributed by atoms with E-state index in [0.717, 1.165) is 12.8 Å². The molecule has 3 rings (SSSR count). The Hall–Kier alpha value is -2.14. The SMILES string of the molecule is COC(=O)c1cccc(C(=O)N[C@H](c2cccs2)C2CCCC2)c1. The van der Waals surface area contributed by atoms with Crippen molar-refractivity contribution in [2.24, 2.45) is 5.92 Å². The van der Waals surface area contributed by atoms with Crippen LogP contribution in [0.3, 0.4) is 0 Å². The molecule has 1 aromatic heterocycles. The molecular formula is C19H21NO3S. The Balaban J connectivity index is 1.79. The van der Waals surface area contributed by atoms with E-state index in [1.165, 1.54) is 24.8 Å². The second-order valence-electron chi connectivity index (χ2n) is 6.08. The molecule has 1 aliphatic rings. The standard InChI is InChI=1S/C19H21NO3S/c1-23-19(22)15-9-4-8-14(12-15)18(21)20-17(13-6-2-3-7-13)16-10-5-11-24-16/h4-5,8-13,17H,2-3,6-7H2,1H3,(H,20,21)/t17-/m0/s1. The van der Waals surface area contributed by atoms with E-state index in [-0.39, 0.29) is 11.9 Å². The monoisotopic (exact) mass is 343 g/mol. The Morgan fingerprint density at radius 1 is 1.17 bits per heavy atom. The van der Waals surface area contributed by atoms with Crippen LogP contribution in [-0.2, 0) is 4.74 Å². The van der Waals surface area contributed by atoms with Crippen LogP contribution in [0.2, 0.25) is 0 Å². The first-order valence-corrected chi connectivity index (χ1v) is 9.09. The van der Waals surface area contributed by atoms with Crippen LogP contribution in [-0.4, -0.2) is 19.0 Å². The predicted molar refractivity (Wildman–Crippen MR) is 94.3 cm³/mol. The maximum absolute atomic E-state index is 12.7. The minimum Gasteiger partial charge on any atom is -0.465 e. The molecule has 24 heavy (non-hydrogen) atoms. The summed E-state index contributed by atoms with van der Waals surface area (Å²) in [5.41, 5.74) is 0.871. The minimum atomic E-state index is -0.435. The summed E-state index contributed by atoms with van der Waals surface area (Å²) in [6, 6.07) is 10.8. The topological polar surface area (TPSA) is 55.4 Å². The summed E-state index contributed by atoms with van der Waals surface area (Å²) in [6.45, 7) is 0. The van der Waals surface area contributed by atoms with E-state index in [1.807, 2.05) is 11.4 Å². The Kier molecular flexibility index (Phi) is 5.30. The molecule has 126 valence electrons. The summed E-state index contributed by atoms with van der Waals surface area (Å²) in [5.74, 6) is -0.0994. The number of methoxy groups -OCH3 is 1. The van der Waals surface area contributed by atoms with Gasteiger partial charge in [0.1, 0.15) is 0 Å². The number of benzene rings is 1. The van der Waals surface area contributed by atoms with E-state index in [0.29, 0.717) is 17.0 Å². The Morgan fingerprint density at radius 2 is 1.92 bits per heavy atom. The van der Waals surface area contributed by atoms with E-state index in [1.54, 1.807) is 35.6 Å². The molecule has 1 N–H and O–H groups in total. The van der Waals surface area contributed by atoms with Gasteiger partial charge in [0.15, 0.2) is 0 Å². The molecule has 0 saturated heterocycles. The second kappa shape index (κ2) is 7.62. The normalized spacial score (nSPS) is 15.9. The number of thiophene rings is 1. The van der Waals surface area contributed by atoms with Crippen LogP contribution in [0.1, 0.15) is 57.3 Å². The number of carbonyl (C=O) groups is 2. The average molecular weight is 343 g/mol. The van der Waals surface area contributed by atoms with Crippen LogP contribution >= 0.6 is 11.3 Å². The summed E-state index contributed by atoms with van der Waals surface area (Å²) in [6.07, 6.45) is 4.73. The third-order valence-corrected chi connectivity index (χ3v) is 5.51. The number of amides is 1. The van der Waals surface area contributed by atoms with E-state index < -0.39 is 5.97 Å². The fourth-order valence-corrected chi connectivity index (χ4v) is 4.18. The first-order chi connectivity index (χ1) is 11.7. The van der Waals surface area contributed by atoms with Gasteiger partial charge >= 0.3 is 5.97 Å². The molecule has 0 unspecified atom stereocenters. The van der Waals surface area contributed by atoms with Crippen molar-refractivity contribution >= 4 is 23.2 Å². The highest BCUT2D eigenvalue weighted by Crippen LogP contribution is 2.37. The van der Waals surface area contributed by atoms with E-state index in [9.17, 15) is 9.59 Å². The first-order valence-electron chi connectivity index (χ1n) is 8.21. The fourth-order valence-electron chi connectivity index (χ4n) is 3.31. The van der Waals surface area contributed by atoms with Crippen LogP contribution in [0, 0.1) is 5.92 Å². The molecular weight excluding hydrogens is 322 g/mol. The first kappa shape index (κ1) is 16.7. The van der Waals surface area contributed by atoms with Crippen LogP contribution in [0.15, 0.2) is 41.8 Å². The van der Waals surface area contributed by atoms with Crippen LogP contribution in [0.25, 0.3) is 0 Å². The van der Waals surface area contributed by atoms with E-state index >= 15 is 0 Å². The van der Waals surface area contributed by atoms with Crippen LogP contribution < -0.4 is 5.32 Å². The number of esters is 1. The number of carbonyl (C=O) groups excluding carboxylic acids is 2. The smallest absolute Gasteiger partial charge is 0.337 e. The summed E-state index contributed by atoms with van der Waals surface area (Å²) >= 11 is 1.68. The lowest BCUT2D eigenvalue weighted by Gasteiger charge is -2.24. The number of nitrogens with one attached hydrogen (secondary N) is 1. The summed E-state index contributed by atoms with van der Waals surface area (Å²) in [5, 5.41) is 5.22. The number of hydrogen-bond acceptors (Lipinski definition) is 4. The van der Waals surface area contributed by atoms with E-state index in [2.05, 4.69) is 11.4 Å². The molecule has 5 heteroatoms. The minimum absolute atomic E-state index is 0.0433. The van der Waals surface area contributed by atoms with Gasteiger partial charge in [-0.2, -0.15) is 0 Å². The maximum Gasteiger partial charge on any atom is 0.337 e. The Morgan fingerprint density at radius 3 is 2.58 bits per heavy atom. The highest BCUT2D eigenvalue weighted by molar-refractivity contribution is 7.10. The van der Waals surface area contributed by atoms with Crippen molar-refractivity contribution in [3.05, 3.63) is 57.8 Å². The van der Waals surface area contributed by atoms with Gasteiger partial charge in [-0.3, -0.25) is 4.79 Å². The van der Waals surface area contributed by atoms with Crippen LogP contribution in [0.4, 0.5) is 0 Å². The molecule has 1 aromatic carbocycles. The van der Waals surface area contributed by atoms with Gasteiger partial charge in [0.05, 0.1) is 18.7 Å². The lowest BCUT2D eigenvalue weighted by Crippen LogP contribution is -2.32. The van der Waals surface area contributed by atoms with Gasteiger partial charge in [-0.15, -0.1) is 11.3 Å². The Labute approximate surface area is 145 Å². The summed E-state index contributed by atoms with van der Waals surface area (Å²) in [7, 11) is 1.34. The lowest BCUT2D eigenvalue weighted by molar-refractivity contribution is 0.0600. The lowest BCUT2D eigenvalue weighted by atomic mass is 9.96. The summed E-state index contributed by atoms with van der Waals surface area (Å²) in [4.78, 5) is 25.6. The molecule has 0 radical (unpaired) electrons. The van der Waals surface area contributed by atoms with Crippen molar-refractivity contribution in [3.63, 3.8) is 0 Å². The molecule has 4 nitrogen and oxygen atoms in total. The third-order valence-electron chi connectivity index (χ3n) is 4.55. The molecule has 1 fully saturated rings. The van der Waals surface area contributed by atoms with Crippen molar-refractivity contribution in [1.82, 2.24) is 5.32 Å². The van der Waals surface area contributed by atoms with Crippen molar-refractivity contribution in [3.8, 4) is 0 Å². The van der Waals surface area contributed by atoms with E-state index in [4.69, 9.17) is 4.74 Å². The maximum atomic E-state index is 12.7. The van der Waals surface area contributed by atoms with Gasteiger partial charge in [-0.1, -0.05) is 25.0 Å². The quantitative estimate of drug-likeness (QED) is 0.828. The van der Waals surface area contributed by atoms with Gasteiger partial charge in [-0.05, 0) is 48.4 Å². The molecule has 1 saturated carbocycles. The Bertz CT molecular complexity index is 705. The molecule has 2 aromatic rings. The van der Waals surface area contributed by atoms with Gasteiger partial charge in [0.2, 0.25) is 0 Å². The third kappa shape index (κ3) is 3.67. The van der Waals surface area contributed by atoms with Crippen molar-refractivity contribution < 1.29 is 14.3 Å². The highest BCUT2D eigenvalue weighted by Gasteiger charge is 2.28. The van der Waals surface area contributed by atoms with Gasteiger partial charge in [0.25, 0.3) is 5.91 Å². The molecule has 1 amide bonds. The molecule has 1 heterocycles. The van der Waals surface area contributed by atoms with Crippen molar-refractivity contribution in [2.45, 2.75) is 31.7 Å². The zero-order chi connectivity index (χ0) is 16.9. The average Bonchev–Trinajstić information content (AvgIpc) is 3.32. The molecule has 0 bridgehead atoms. The van der Waals surface area contributed by atoms with Gasteiger partial charge in [-0.25, -0.2) is 4.79 Å². The zero-order valence-corrected chi connectivity index (χ0v) is 14.5. The van der Waals surface area contributed by atoms with Gasteiger partial charge in [0, 0.05) is 10.4 Å². The van der Waals surface area contributed by atoms with Crippen molar-refractivity contribution in [2.75, 3.05) is 7.11 Å². The predicted octanol–water partition coefficient (Wildman–Crippen LogP) is 4.20.